The Kier molecular flexibility index (Phi) is 10.2. The Morgan fingerprint density at radius 2 is 1.00 bits per heavy atom. The van der Waals surface area contributed by atoms with Crippen molar-refractivity contribution in [2.75, 3.05) is 26.2 Å². The maximum atomic E-state index is 2.75. The summed E-state index contributed by atoms with van der Waals surface area (Å²) in [4.78, 5) is 5.50. The monoisotopic (exact) mass is 432 g/mol. The summed E-state index contributed by atoms with van der Waals surface area (Å²) < 4.78 is 0. The van der Waals surface area contributed by atoms with Gasteiger partial charge in [0.2, 0.25) is 0 Å². The van der Waals surface area contributed by atoms with E-state index in [1.807, 2.05) is 0 Å². The average Bonchev–Trinajstić information content (AvgIpc) is 2.79. The second kappa shape index (κ2) is 12.4. The molecule has 3 aliphatic rings. The first-order valence-electron chi connectivity index (χ1n) is 14.5. The molecule has 3 aliphatic carbocycles. The van der Waals surface area contributed by atoms with Crippen LogP contribution in [0, 0.1) is 35.5 Å². The largest absolute Gasteiger partial charge is 0.301 e. The zero-order valence-electron chi connectivity index (χ0n) is 22.1. The molecule has 6 unspecified atom stereocenters. The SMILES string of the molecule is CCN(CC)C1CCC(C(C2CCCCC2)C2CCC(N(CC)CC)CC2C)C(C)C1. The van der Waals surface area contributed by atoms with Crippen molar-refractivity contribution in [2.45, 2.75) is 124 Å². The predicted octanol–water partition coefficient (Wildman–Crippen LogP) is 7.48. The third kappa shape index (κ3) is 6.08. The summed E-state index contributed by atoms with van der Waals surface area (Å²) in [6, 6.07) is 1.70. The molecule has 6 atom stereocenters. The maximum Gasteiger partial charge on any atom is 0.00977 e. The lowest BCUT2D eigenvalue weighted by atomic mass is 9.56. The van der Waals surface area contributed by atoms with E-state index in [4.69, 9.17) is 0 Å². The molecule has 0 saturated heterocycles. The van der Waals surface area contributed by atoms with E-state index in [0.29, 0.717) is 0 Å². The van der Waals surface area contributed by atoms with E-state index in [-0.39, 0.29) is 0 Å². The Hall–Kier alpha value is -0.0800. The number of hydrogen-bond donors (Lipinski definition) is 0. The highest BCUT2D eigenvalue weighted by Crippen LogP contribution is 2.51. The van der Waals surface area contributed by atoms with Crippen LogP contribution in [0.4, 0.5) is 0 Å². The molecule has 0 amide bonds. The van der Waals surface area contributed by atoms with Gasteiger partial charge >= 0.3 is 0 Å². The fourth-order valence-electron chi connectivity index (χ4n) is 8.60. The van der Waals surface area contributed by atoms with Gasteiger partial charge in [-0.2, -0.15) is 0 Å². The maximum absolute atomic E-state index is 2.75. The summed E-state index contributed by atoms with van der Waals surface area (Å²) in [5.74, 6) is 5.86. The third-order valence-electron chi connectivity index (χ3n) is 10.3. The van der Waals surface area contributed by atoms with Gasteiger partial charge in [-0.3, -0.25) is 0 Å². The molecule has 0 aliphatic heterocycles. The minimum atomic E-state index is 0.851. The van der Waals surface area contributed by atoms with Crippen LogP contribution >= 0.6 is 0 Å². The standard InChI is InChI=1S/C29H56N2/c1-7-30(8-2)25-16-18-27(22(5)20-25)29(24-14-12-11-13-15-24)28-19-17-26(21-23(28)6)31(9-3)10-4/h22-29H,7-21H2,1-6H3. The van der Waals surface area contributed by atoms with Crippen molar-refractivity contribution in [3.05, 3.63) is 0 Å². The normalized spacial score (nSPS) is 36.8. The fraction of sp³-hybridized carbons (Fsp3) is 1.00. The van der Waals surface area contributed by atoms with Gasteiger partial charge in [-0.1, -0.05) is 73.6 Å². The number of hydrogen-bond acceptors (Lipinski definition) is 2. The molecule has 0 aromatic heterocycles. The van der Waals surface area contributed by atoms with E-state index in [0.717, 1.165) is 47.6 Å². The quantitative estimate of drug-likeness (QED) is 0.372. The van der Waals surface area contributed by atoms with E-state index >= 15 is 0 Å². The highest BCUT2D eigenvalue weighted by atomic mass is 15.1. The topological polar surface area (TPSA) is 6.48 Å². The molecule has 0 heterocycles. The minimum Gasteiger partial charge on any atom is -0.301 e. The Labute approximate surface area is 195 Å². The average molecular weight is 433 g/mol. The molecule has 3 fully saturated rings. The zero-order valence-corrected chi connectivity index (χ0v) is 22.1. The Balaban J connectivity index is 1.73. The van der Waals surface area contributed by atoms with Crippen molar-refractivity contribution in [3.8, 4) is 0 Å². The second-order valence-electron chi connectivity index (χ2n) is 11.6. The van der Waals surface area contributed by atoms with Crippen LogP contribution in [0.15, 0.2) is 0 Å². The minimum absolute atomic E-state index is 0.851. The molecular weight excluding hydrogens is 376 g/mol. The van der Waals surface area contributed by atoms with Crippen LogP contribution < -0.4 is 0 Å². The van der Waals surface area contributed by atoms with Crippen molar-refractivity contribution >= 4 is 0 Å². The van der Waals surface area contributed by atoms with Crippen molar-refractivity contribution < 1.29 is 0 Å². The summed E-state index contributed by atoms with van der Waals surface area (Å²) in [6.45, 7) is 19.7. The van der Waals surface area contributed by atoms with Gasteiger partial charge in [0.05, 0.1) is 0 Å². The first-order chi connectivity index (χ1) is 15.0. The highest BCUT2D eigenvalue weighted by molar-refractivity contribution is 4.95. The summed E-state index contributed by atoms with van der Waals surface area (Å²) in [7, 11) is 0. The van der Waals surface area contributed by atoms with Gasteiger partial charge in [0, 0.05) is 12.1 Å². The fourth-order valence-corrected chi connectivity index (χ4v) is 8.60. The highest BCUT2D eigenvalue weighted by Gasteiger charge is 2.44. The van der Waals surface area contributed by atoms with Crippen molar-refractivity contribution in [2.24, 2.45) is 35.5 Å². The van der Waals surface area contributed by atoms with Gasteiger partial charge in [-0.15, -0.1) is 0 Å². The van der Waals surface area contributed by atoms with Crippen LogP contribution in [0.3, 0.4) is 0 Å². The first-order valence-corrected chi connectivity index (χ1v) is 14.5. The number of rotatable bonds is 9. The molecule has 0 spiro atoms. The van der Waals surface area contributed by atoms with Crippen LogP contribution in [0.5, 0.6) is 0 Å². The summed E-state index contributed by atoms with van der Waals surface area (Å²) >= 11 is 0. The Morgan fingerprint density at radius 3 is 1.35 bits per heavy atom. The first kappa shape index (κ1) is 25.5. The van der Waals surface area contributed by atoms with Gasteiger partial charge < -0.3 is 9.80 Å². The van der Waals surface area contributed by atoms with E-state index in [1.165, 1.54) is 96.8 Å². The lowest BCUT2D eigenvalue weighted by Gasteiger charge is -2.51. The molecular formula is C29H56N2. The summed E-state index contributed by atoms with van der Waals surface area (Å²) in [5, 5.41) is 0. The number of nitrogens with zero attached hydrogens (tertiary/aromatic N) is 2. The molecule has 0 radical (unpaired) electrons. The molecule has 3 saturated carbocycles. The van der Waals surface area contributed by atoms with Gasteiger partial charge in [-0.25, -0.2) is 0 Å². The zero-order chi connectivity index (χ0) is 22.4. The van der Waals surface area contributed by atoms with E-state index in [1.54, 1.807) is 0 Å². The van der Waals surface area contributed by atoms with Crippen LogP contribution in [0.1, 0.15) is 112 Å². The van der Waals surface area contributed by atoms with E-state index in [9.17, 15) is 0 Å². The lowest BCUT2D eigenvalue weighted by Crippen LogP contribution is -2.47. The van der Waals surface area contributed by atoms with Crippen molar-refractivity contribution in [3.63, 3.8) is 0 Å². The van der Waals surface area contributed by atoms with Crippen molar-refractivity contribution in [1.82, 2.24) is 9.80 Å². The molecule has 0 bridgehead atoms. The molecule has 3 rings (SSSR count). The second-order valence-corrected chi connectivity index (χ2v) is 11.6. The predicted molar refractivity (Wildman–Crippen MR) is 136 cm³/mol. The van der Waals surface area contributed by atoms with Gasteiger partial charge in [0.25, 0.3) is 0 Å². The van der Waals surface area contributed by atoms with Gasteiger partial charge in [0.1, 0.15) is 0 Å². The summed E-state index contributed by atoms with van der Waals surface area (Å²) in [6.07, 6.45) is 16.4. The van der Waals surface area contributed by atoms with E-state index in [2.05, 4.69) is 51.3 Å². The van der Waals surface area contributed by atoms with Crippen LogP contribution in [0.25, 0.3) is 0 Å². The molecule has 182 valence electrons. The molecule has 31 heavy (non-hydrogen) atoms. The molecule has 0 N–H and O–H groups in total. The smallest absolute Gasteiger partial charge is 0.00977 e. The lowest BCUT2D eigenvalue weighted by molar-refractivity contribution is -0.0152. The van der Waals surface area contributed by atoms with Crippen LogP contribution in [-0.2, 0) is 0 Å². The van der Waals surface area contributed by atoms with Gasteiger partial charge in [-0.05, 0) is 100 Å². The van der Waals surface area contributed by atoms with Gasteiger partial charge in [0.15, 0.2) is 0 Å². The Bertz CT molecular complexity index is 455. The molecule has 2 nitrogen and oxygen atoms in total. The van der Waals surface area contributed by atoms with Crippen LogP contribution in [-0.4, -0.2) is 48.1 Å². The van der Waals surface area contributed by atoms with Crippen molar-refractivity contribution in [1.29, 1.82) is 0 Å². The molecule has 0 aromatic carbocycles. The van der Waals surface area contributed by atoms with E-state index < -0.39 is 0 Å². The Morgan fingerprint density at radius 1 is 0.581 bits per heavy atom. The third-order valence-corrected chi connectivity index (χ3v) is 10.3. The summed E-state index contributed by atoms with van der Waals surface area (Å²) in [5.41, 5.74) is 0. The molecule has 2 heteroatoms. The molecule has 0 aromatic rings. The van der Waals surface area contributed by atoms with Crippen LogP contribution in [0.2, 0.25) is 0 Å².